The first-order valence-electron chi connectivity index (χ1n) is 11.3. The molecule has 0 aliphatic carbocycles. The zero-order valence-corrected chi connectivity index (χ0v) is 21.8. The Morgan fingerprint density at radius 1 is 0.743 bits per heavy atom. The monoisotopic (exact) mass is 632 g/mol. The molecule has 0 aliphatic heterocycles. The van der Waals surface area contributed by atoms with Crippen LogP contribution in [-0.2, 0) is 20.1 Å². The molecule has 0 saturated heterocycles. The van der Waals surface area contributed by atoms with E-state index in [4.69, 9.17) is 4.98 Å². The van der Waals surface area contributed by atoms with Crippen LogP contribution in [-0.4, -0.2) is 19.1 Å². The van der Waals surface area contributed by atoms with Crippen molar-refractivity contribution < 1.29 is 20.1 Å². The largest absolute Gasteiger partial charge is 0.340 e. The maximum Gasteiger partial charge on any atom is 0.0881 e. The second-order valence-electron chi connectivity index (χ2n) is 8.51. The number of fused-ring (bicyclic) bond motifs is 1. The molecule has 1 radical (unpaired) electrons. The fourth-order valence-electron chi connectivity index (χ4n) is 4.69. The van der Waals surface area contributed by atoms with Crippen molar-refractivity contribution in [3.63, 3.8) is 0 Å². The van der Waals surface area contributed by atoms with E-state index >= 15 is 0 Å². The van der Waals surface area contributed by atoms with Crippen molar-refractivity contribution in [1.82, 2.24) is 19.1 Å². The van der Waals surface area contributed by atoms with Gasteiger partial charge in [-0.1, -0.05) is 48.5 Å². The van der Waals surface area contributed by atoms with E-state index in [9.17, 15) is 0 Å². The van der Waals surface area contributed by atoms with Crippen molar-refractivity contribution in [1.29, 1.82) is 0 Å². The van der Waals surface area contributed by atoms with E-state index in [1.54, 1.807) is 0 Å². The summed E-state index contributed by atoms with van der Waals surface area (Å²) in [7, 11) is 0. The Labute approximate surface area is 218 Å². The molecule has 0 aliphatic rings. The van der Waals surface area contributed by atoms with Gasteiger partial charge in [0.25, 0.3) is 0 Å². The zero-order valence-electron chi connectivity index (χ0n) is 19.4. The Kier molecular flexibility index (Phi) is 6.21. The van der Waals surface area contributed by atoms with Crippen molar-refractivity contribution >= 4 is 11.0 Å². The summed E-state index contributed by atoms with van der Waals surface area (Å²) >= 11 is 0. The third kappa shape index (κ3) is 4.14. The van der Waals surface area contributed by atoms with Gasteiger partial charge in [0.05, 0.1) is 12.2 Å². The van der Waals surface area contributed by atoms with Gasteiger partial charge in [0.15, 0.2) is 0 Å². The van der Waals surface area contributed by atoms with Crippen LogP contribution in [0.1, 0.15) is 11.1 Å². The average molecular weight is 632 g/mol. The summed E-state index contributed by atoms with van der Waals surface area (Å²) in [4.78, 5) is 9.29. The number of aryl methyl sites for hydroxylation is 2. The summed E-state index contributed by atoms with van der Waals surface area (Å²) in [5.74, 6) is 0.862. The van der Waals surface area contributed by atoms with Gasteiger partial charge in [0.2, 0.25) is 0 Å². The molecule has 0 N–H and O–H groups in total. The van der Waals surface area contributed by atoms with Gasteiger partial charge in [-0.25, -0.2) is 0 Å². The molecule has 0 bridgehead atoms. The summed E-state index contributed by atoms with van der Waals surface area (Å²) in [6.07, 6.45) is 5.74. The molecule has 5 heteroatoms. The molecule has 0 unspecified atom stereocenters. The van der Waals surface area contributed by atoms with E-state index in [2.05, 4.69) is 88.6 Å². The third-order valence-corrected chi connectivity index (χ3v) is 6.23. The molecule has 6 aromatic rings. The first-order chi connectivity index (χ1) is 16.7. The van der Waals surface area contributed by atoms with Crippen molar-refractivity contribution in [2.45, 2.75) is 13.8 Å². The van der Waals surface area contributed by atoms with Crippen LogP contribution >= 0.6 is 0 Å². The first-order valence-corrected chi connectivity index (χ1v) is 11.3. The minimum Gasteiger partial charge on any atom is -0.340 e. The van der Waals surface area contributed by atoms with Crippen LogP contribution < -0.4 is 0 Å². The fraction of sp³-hybridized carbons (Fsp3) is 0.0667. The molecule has 173 valence electrons. The molecule has 0 saturated carbocycles. The van der Waals surface area contributed by atoms with Gasteiger partial charge < -0.3 is 9.13 Å². The number of hydrogen-bond donors (Lipinski definition) is 0. The van der Waals surface area contributed by atoms with Gasteiger partial charge in [-0.05, 0) is 65.9 Å². The van der Waals surface area contributed by atoms with E-state index in [1.165, 1.54) is 22.3 Å². The normalized spacial score (nSPS) is 10.9. The standard InChI is InChI=1S/C30H23N4.Ir/c1-21-17-25(23-9-5-3-6-10-23)18-22(2)29(21)33-16-15-31-30(33)24-13-14-27-28(19-24)34(20-32-27)26-11-7-4-8-12-26;/h3-12,14-20H,1-2H3;/q-1;. The number of rotatable bonds is 4. The summed E-state index contributed by atoms with van der Waals surface area (Å²) in [6, 6.07) is 32.7. The van der Waals surface area contributed by atoms with Crippen LogP contribution in [0.25, 0.3) is 44.9 Å². The maximum absolute atomic E-state index is 4.72. The Bertz CT molecular complexity index is 1590. The van der Waals surface area contributed by atoms with E-state index in [0.717, 1.165) is 33.8 Å². The molecule has 35 heavy (non-hydrogen) atoms. The molecule has 4 aromatic carbocycles. The van der Waals surface area contributed by atoms with Crippen molar-refractivity contribution in [2.75, 3.05) is 0 Å². The smallest absolute Gasteiger partial charge is 0.0881 e. The molecular formula is C30H23IrN4-. The van der Waals surface area contributed by atoms with Crippen LogP contribution in [0.3, 0.4) is 0 Å². The molecule has 2 heterocycles. The average Bonchev–Trinajstić information content (AvgIpc) is 3.52. The molecule has 0 atom stereocenters. The Balaban J connectivity index is 0.00000253. The van der Waals surface area contributed by atoms with Gasteiger partial charge in [0, 0.05) is 49.4 Å². The summed E-state index contributed by atoms with van der Waals surface area (Å²) in [6.45, 7) is 4.33. The van der Waals surface area contributed by atoms with Crippen LogP contribution in [0.5, 0.6) is 0 Å². The van der Waals surface area contributed by atoms with E-state index < -0.39 is 0 Å². The van der Waals surface area contributed by atoms with Gasteiger partial charge in [-0.2, -0.15) is 0 Å². The Hall–Kier alpha value is -3.79. The Morgan fingerprint density at radius 2 is 1.43 bits per heavy atom. The second-order valence-corrected chi connectivity index (χ2v) is 8.51. The molecule has 0 amide bonds. The number of hydrogen-bond acceptors (Lipinski definition) is 2. The number of aromatic nitrogens is 4. The van der Waals surface area contributed by atoms with Gasteiger partial charge in [0.1, 0.15) is 0 Å². The van der Waals surface area contributed by atoms with E-state index in [0.29, 0.717) is 0 Å². The topological polar surface area (TPSA) is 35.6 Å². The van der Waals surface area contributed by atoms with Gasteiger partial charge in [-0.15, -0.1) is 23.8 Å². The number of benzene rings is 4. The third-order valence-electron chi connectivity index (χ3n) is 6.23. The predicted octanol–water partition coefficient (Wildman–Crippen LogP) is 6.96. The number of imidazole rings is 2. The summed E-state index contributed by atoms with van der Waals surface area (Å²) < 4.78 is 4.27. The van der Waals surface area contributed by atoms with Crippen molar-refractivity contribution in [3.8, 4) is 33.9 Å². The summed E-state index contributed by atoms with van der Waals surface area (Å²) in [5.41, 5.74) is 9.95. The molecule has 2 aromatic heterocycles. The SMILES string of the molecule is Cc1cc(-c2ccccc2)cc(C)c1-n1ccnc1-c1[c-]cc2ncn(-c3ccccc3)c2c1.[Ir]. The van der Waals surface area contributed by atoms with Gasteiger partial charge >= 0.3 is 0 Å². The van der Waals surface area contributed by atoms with Crippen molar-refractivity contribution in [2.24, 2.45) is 0 Å². The summed E-state index contributed by atoms with van der Waals surface area (Å²) in [5, 5.41) is 0. The Morgan fingerprint density at radius 3 is 2.14 bits per heavy atom. The minimum atomic E-state index is 0. The zero-order chi connectivity index (χ0) is 23.1. The first kappa shape index (κ1) is 23.0. The molecule has 6 rings (SSSR count). The second kappa shape index (κ2) is 9.46. The van der Waals surface area contributed by atoms with Crippen LogP contribution in [0.4, 0.5) is 0 Å². The molecule has 0 fully saturated rings. The van der Waals surface area contributed by atoms with E-state index in [1.807, 2.05) is 49.1 Å². The minimum absolute atomic E-state index is 0. The van der Waals surface area contributed by atoms with Crippen LogP contribution in [0.2, 0.25) is 0 Å². The molecular weight excluding hydrogens is 609 g/mol. The number of nitrogens with zero attached hydrogens (tertiary/aromatic N) is 4. The maximum atomic E-state index is 4.72. The van der Waals surface area contributed by atoms with Crippen molar-refractivity contribution in [3.05, 3.63) is 121 Å². The quantitative estimate of drug-likeness (QED) is 0.197. The van der Waals surface area contributed by atoms with Gasteiger partial charge in [-0.3, -0.25) is 9.97 Å². The molecule has 4 nitrogen and oxygen atoms in total. The van der Waals surface area contributed by atoms with Crippen LogP contribution in [0, 0.1) is 19.9 Å². The van der Waals surface area contributed by atoms with E-state index in [-0.39, 0.29) is 20.1 Å². The predicted molar refractivity (Wildman–Crippen MR) is 137 cm³/mol. The fourth-order valence-corrected chi connectivity index (χ4v) is 4.69. The van der Waals surface area contributed by atoms with Crippen LogP contribution in [0.15, 0.2) is 104 Å². The molecule has 0 spiro atoms. The number of para-hydroxylation sites is 1.